The molecule has 1 aromatic carbocycles. The summed E-state index contributed by atoms with van der Waals surface area (Å²) in [5, 5.41) is 0.682. The van der Waals surface area contributed by atoms with E-state index in [9.17, 15) is 4.79 Å². The average Bonchev–Trinajstić information content (AvgIpc) is 2.24. The van der Waals surface area contributed by atoms with Gasteiger partial charge in [-0.25, -0.2) is 0 Å². The number of rotatable bonds is 1. The summed E-state index contributed by atoms with van der Waals surface area (Å²) in [5.41, 5.74) is 0.806. The maximum Gasteiger partial charge on any atom is 0.177 e. The summed E-state index contributed by atoms with van der Waals surface area (Å²) in [5.74, 6) is -0.0167. The fourth-order valence-electron chi connectivity index (χ4n) is 1.63. The van der Waals surface area contributed by atoms with Gasteiger partial charge in [-0.15, -0.1) is 0 Å². The topological polar surface area (TPSA) is 38.7 Å². The Morgan fingerprint density at radius 1 is 1.38 bits per heavy atom. The van der Waals surface area contributed by atoms with Gasteiger partial charge in [0.25, 0.3) is 0 Å². The monoisotopic (exact) mass is 257 g/mol. The first-order valence-electron chi connectivity index (χ1n) is 4.70. The van der Waals surface area contributed by atoms with Gasteiger partial charge in [0.1, 0.15) is 0 Å². The van der Waals surface area contributed by atoms with E-state index >= 15 is 0 Å². The highest BCUT2D eigenvalue weighted by Crippen LogP contribution is 2.43. The van der Waals surface area contributed by atoms with Crippen molar-refractivity contribution in [2.75, 3.05) is 7.11 Å². The molecule has 0 spiro atoms. The summed E-state index contributed by atoms with van der Waals surface area (Å²) in [7, 11) is 1.46. The number of aliphatic imine (C=N–C) groups is 1. The fourth-order valence-corrected chi connectivity index (χ4v) is 2.22. The second kappa shape index (κ2) is 4.07. The van der Waals surface area contributed by atoms with Crippen LogP contribution < -0.4 is 4.74 Å². The molecule has 0 aliphatic carbocycles. The lowest BCUT2D eigenvalue weighted by molar-refractivity contribution is 0.0959. The van der Waals surface area contributed by atoms with E-state index in [0.717, 1.165) is 0 Å². The standard InChI is InChI=1S/C11H9Cl2NO2/c1-5-4-14-9-6(12)3-7(13)11(16-2)8(9)10(5)15/h3-5H,1-2H3. The molecule has 16 heavy (non-hydrogen) atoms. The first kappa shape index (κ1) is 11.4. The molecule has 0 radical (unpaired) electrons. The molecular weight excluding hydrogens is 249 g/mol. The van der Waals surface area contributed by atoms with Crippen LogP contribution in [0.25, 0.3) is 0 Å². The number of carbonyl (C=O) groups excluding carboxylic acids is 1. The molecule has 2 rings (SSSR count). The second-order valence-electron chi connectivity index (χ2n) is 3.53. The molecule has 1 aromatic rings. The highest BCUT2D eigenvalue weighted by molar-refractivity contribution is 6.39. The quantitative estimate of drug-likeness (QED) is 0.772. The van der Waals surface area contributed by atoms with Gasteiger partial charge >= 0.3 is 0 Å². The van der Waals surface area contributed by atoms with Crippen molar-refractivity contribution >= 4 is 40.9 Å². The summed E-state index contributed by atoms with van der Waals surface area (Å²) >= 11 is 11.9. The van der Waals surface area contributed by atoms with Crippen molar-refractivity contribution in [3.05, 3.63) is 21.7 Å². The van der Waals surface area contributed by atoms with E-state index in [2.05, 4.69) is 4.99 Å². The Hall–Kier alpha value is -1.06. The van der Waals surface area contributed by atoms with Gasteiger partial charge in [0.15, 0.2) is 11.5 Å². The van der Waals surface area contributed by atoms with Crippen LogP contribution in [0, 0.1) is 5.92 Å². The minimum absolute atomic E-state index is 0.0775. The van der Waals surface area contributed by atoms with E-state index in [1.807, 2.05) is 0 Å². The number of benzene rings is 1. The number of halogens is 2. The molecule has 0 saturated heterocycles. The summed E-state index contributed by atoms with van der Waals surface area (Å²) in [4.78, 5) is 16.2. The van der Waals surface area contributed by atoms with Crippen LogP contribution >= 0.6 is 23.2 Å². The van der Waals surface area contributed by atoms with Crippen LogP contribution in [0.3, 0.4) is 0 Å². The molecule has 1 aliphatic rings. The number of carbonyl (C=O) groups is 1. The van der Waals surface area contributed by atoms with Crippen LogP contribution in [0.1, 0.15) is 17.3 Å². The molecule has 5 heteroatoms. The van der Waals surface area contributed by atoms with Crippen molar-refractivity contribution in [1.82, 2.24) is 0 Å². The summed E-state index contributed by atoms with van der Waals surface area (Å²) < 4.78 is 5.13. The Morgan fingerprint density at radius 3 is 2.69 bits per heavy atom. The highest BCUT2D eigenvalue weighted by Gasteiger charge is 2.28. The smallest absolute Gasteiger partial charge is 0.177 e. The van der Waals surface area contributed by atoms with E-state index in [1.165, 1.54) is 13.2 Å². The number of methoxy groups -OCH3 is 1. The molecule has 0 saturated carbocycles. The third kappa shape index (κ3) is 1.60. The molecule has 0 fully saturated rings. The Morgan fingerprint density at radius 2 is 2.06 bits per heavy atom. The average molecular weight is 258 g/mol. The minimum Gasteiger partial charge on any atom is -0.494 e. The number of fused-ring (bicyclic) bond motifs is 1. The zero-order valence-corrected chi connectivity index (χ0v) is 10.3. The maximum absolute atomic E-state index is 12.0. The molecule has 1 atom stereocenters. The molecule has 0 amide bonds. The SMILES string of the molecule is COc1c(Cl)cc(Cl)c2c1C(=O)C(C)C=N2. The van der Waals surface area contributed by atoms with Gasteiger partial charge in [0.05, 0.1) is 34.3 Å². The number of hydrogen-bond acceptors (Lipinski definition) is 3. The molecule has 1 heterocycles. The molecule has 84 valence electrons. The third-order valence-corrected chi connectivity index (χ3v) is 3.02. The Balaban J connectivity index is 2.78. The van der Waals surface area contributed by atoms with Gasteiger partial charge in [-0.1, -0.05) is 30.1 Å². The van der Waals surface area contributed by atoms with E-state index in [4.69, 9.17) is 27.9 Å². The van der Waals surface area contributed by atoms with Crippen LogP contribution in [-0.4, -0.2) is 19.1 Å². The highest BCUT2D eigenvalue weighted by atomic mass is 35.5. The van der Waals surface area contributed by atoms with Gasteiger partial charge in [0, 0.05) is 6.21 Å². The number of Topliss-reactive ketones (excluding diaryl/α,β-unsaturated/α-hetero) is 1. The van der Waals surface area contributed by atoms with Crippen LogP contribution in [0.5, 0.6) is 5.75 Å². The molecule has 1 unspecified atom stereocenters. The predicted molar refractivity (Wildman–Crippen MR) is 64.7 cm³/mol. The molecular formula is C11H9Cl2NO2. The predicted octanol–water partition coefficient (Wildman–Crippen LogP) is 3.54. The van der Waals surface area contributed by atoms with Crippen LogP contribution in [0.2, 0.25) is 10.0 Å². The Bertz CT molecular complexity index is 497. The number of hydrogen-bond donors (Lipinski definition) is 0. The zero-order valence-electron chi connectivity index (χ0n) is 8.75. The molecule has 1 aliphatic heterocycles. The molecule has 0 bridgehead atoms. The van der Waals surface area contributed by atoms with Crippen molar-refractivity contribution in [3.63, 3.8) is 0 Å². The minimum atomic E-state index is -0.282. The lowest BCUT2D eigenvalue weighted by Gasteiger charge is -2.18. The van der Waals surface area contributed by atoms with Crippen LogP contribution in [0.4, 0.5) is 5.69 Å². The lowest BCUT2D eigenvalue weighted by atomic mass is 9.95. The first-order valence-corrected chi connectivity index (χ1v) is 5.46. The van der Waals surface area contributed by atoms with Gasteiger partial charge < -0.3 is 4.74 Å². The number of nitrogens with zero attached hydrogens (tertiary/aromatic N) is 1. The third-order valence-electron chi connectivity index (χ3n) is 2.45. The Kier molecular flexibility index (Phi) is 2.91. The largest absolute Gasteiger partial charge is 0.494 e. The molecule has 3 nitrogen and oxygen atoms in total. The van der Waals surface area contributed by atoms with E-state index in [0.29, 0.717) is 27.0 Å². The van der Waals surface area contributed by atoms with Gasteiger partial charge in [-0.2, -0.15) is 0 Å². The summed E-state index contributed by atoms with van der Waals surface area (Å²) in [6.07, 6.45) is 1.57. The molecule has 0 aromatic heterocycles. The van der Waals surface area contributed by atoms with E-state index in [1.54, 1.807) is 13.1 Å². The number of ether oxygens (including phenoxy) is 1. The van der Waals surface area contributed by atoms with Crippen molar-refractivity contribution in [2.24, 2.45) is 10.9 Å². The van der Waals surface area contributed by atoms with Crippen molar-refractivity contribution in [3.8, 4) is 5.75 Å². The van der Waals surface area contributed by atoms with Crippen LogP contribution in [0.15, 0.2) is 11.1 Å². The van der Waals surface area contributed by atoms with E-state index in [-0.39, 0.29) is 11.7 Å². The van der Waals surface area contributed by atoms with Crippen LogP contribution in [-0.2, 0) is 0 Å². The van der Waals surface area contributed by atoms with Gasteiger partial charge in [-0.3, -0.25) is 9.79 Å². The summed E-state index contributed by atoms with van der Waals surface area (Å²) in [6, 6.07) is 1.53. The van der Waals surface area contributed by atoms with Gasteiger partial charge in [-0.05, 0) is 6.07 Å². The second-order valence-corrected chi connectivity index (χ2v) is 4.34. The van der Waals surface area contributed by atoms with Crippen molar-refractivity contribution < 1.29 is 9.53 Å². The Labute approximate surface area is 103 Å². The fraction of sp³-hybridized carbons (Fsp3) is 0.273. The first-order chi connectivity index (χ1) is 7.56. The van der Waals surface area contributed by atoms with Crippen molar-refractivity contribution in [1.29, 1.82) is 0 Å². The maximum atomic E-state index is 12.0. The molecule has 0 N–H and O–H groups in total. The lowest BCUT2D eigenvalue weighted by Crippen LogP contribution is -2.17. The van der Waals surface area contributed by atoms with E-state index < -0.39 is 0 Å². The van der Waals surface area contributed by atoms with Gasteiger partial charge in [0.2, 0.25) is 0 Å². The normalized spacial score (nSPS) is 18.5. The zero-order chi connectivity index (χ0) is 11.9. The van der Waals surface area contributed by atoms with Crippen molar-refractivity contribution in [2.45, 2.75) is 6.92 Å². The number of ketones is 1. The summed E-state index contributed by atoms with van der Waals surface area (Å²) in [6.45, 7) is 1.77.